The fourth-order valence-corrected chi connectivity index (χ4v) is 1.24. The number of nitrogens with one attached hydrogen (secondary N) is 1. The predicted octanol–water partition coefficient (Wildman–Crippen LogP) is 2.79. The van der Waals surface area contributed by atoms with Crippen LogP contribution >= 0.6 is 0 Å². The maximum Gasteiger partial charge on any atom is 0.267 e. The van der Waals surface area contributed by atoms with Crippen LogP contribution in [-0.4, -0.2) is 9.66 Å². The second-order valence-corrected chi connectivity index (χ2v) is 2.63. The summed E-state index contributed by atoms with van der Waals surface area (Å²) < 4.78 is 25.7. The van der Waals surface area contributed by atoms with Gasteiger partial charge in [0.05, 0.1) is 16.6 Å². The standard InChI is InChI=1S/C8H6F2N3/c9-8(10)5-4-13(11)6-2-1-3-12-7(5)6/h1-4,8,11H/q-1. The van der Waals surface area contributed by atoms with E-state index < -0.39 is 6.43 Å². The number of aromatic nitrogens is 2. The van der Waals surface area contributed by atoms with Gasteiger partial charge in [0.25, 0.3) is 6.43 Å². The molecule has 0 atom stereocenters. The van der Waals surface area contributed by atoms with Crippen molar-refractivity contribution in [3.8, 4) is 0 Å². The SMILES string of the molecule is [NH-]n1cc(C(F)F)c2ncccc21. The molecule has 0 unspecified atom stereocenters. The Balaban J connectivity index is 2.78. The zero-order valence-corrected chi connectivity index (χ0v) is 6.54. The summed E-state index contributed by atoms with van der Waals surface area (Å²) in [4.78, 5) is 3.80. The van der Waals surface area contributed by atoms with Crippen molar-refractivity contribution in [1.29, 1.82) is 0 Å². The molecule has 0 aromatic carbocycles. The van der Waals surface area contributed by atoms with Crippen molar-refractivity contribution in [2.24, 2.45) is 0 Å². The van der Waals surface area contributed by atoms with Crippen molar-refractivity contribution in [3.05, 3.63) is 35.9 Å². The highest BCUT2D eigenvalue weighted by Gasteiger charge is 2.13. The molecule has 0 spiro atoms. The van der Waals surface area contributed by atoms with Crippen molar-refractivity contribution in [2.45, 2.75) is 6.43 Å². The van der Waals surface area contributed by atoms with E-state index in [2.05, 4.69) is 4.98 Å². The molecule has 2 rings (SSSR count). The maximum atomic E-state index is 12.4. The minimum atomic E-state index is -2.58. The van der Waals surface area contributed by atoms with E-state index in [1.807, 2.05) is 0 Å². The third-order valence-corrected chi connectivity index (χ3v) is 1.82. The molecule has 0 aliphatic rings. The number of nitrogens with zero attached hydrogens (tertiary/aromatic N) is 2. The zero-order valence-electron chi connectivity index (χ0n) is 6.54. The smallest absolute Gasteiger partial charge is 0.267 e. The van der Waals surface area contributed by atoms with Crippen LogP contribution in [0.25, 0.3) is 16.9 Å². The normalized spacial score (nSPS) is 11.3. The molecule has 5 heteroatoms. The summed E-state index contributed by atoms with van der Waals surface area (Å²) in [6.07, 6.45) is -0.0553. The predicted molar refractivity (Wildman–Crippen MR) is 44.4 cm³/mol. The Bertz CT molecular complexity index is 436. The fourth-order valence-electron chi connectivity index (χ4n) is 1.24. The van der Waals surface area contributed by atoms with Crippen LogP contribution in [-0.2, 0) is 0 Å². The van der Waals surface area contributed by atoms with Gasteiger partial charge in [-0.2, -0.15) is 0 Å². The average Bonchev–Trinajstić information content (AvgIpc) is 2.45. The Kier molecular flexibility index (Phi) is 1.65. The monoisotopic (exact) mass is 182 g/mol. The van der Waals surface area contributed by atoms with Gasteiger partial charge in [-0.15, -0.1) is 0 Å². The third-order valence-electron chi connectivity index (χ3n) is 1.82. The lowest BCUT2D eigenvalue weighted by atomic mass is 10.3. The highest BCUT2D eigenvalue weighted by atomic mass is 19.3. The van der Waals surface area contributed by atoms with Crippen molar-refractivity contribution in [3.63, 3.8) is 0 Å². The first-order valence-electron chi connectivity index (χ1n) is 3.66. The number of fused-ring (bicyclic) bond motifs is 1. The van der Waals surface area contributed by atoms with Crippen LogP contribution < -0.4 is 0 Å². The summed E-state index contributed by atoms with van der Waals surface area (Å²) in [5, 5.41) is 0. The van der Waals surface area contributed by atoms with Crippen molar-refractivity contribution in [1.82, 2.24) is 9.66 Å². The van der Waals surface area contributed by atoms with E-state index in [1.54, 1.807) is 12.1 Å². The van der Waals surface area contributed by atoms with Gasteiger partial charge in [-0.1, -0.05) is 0 Å². The van der Waals surface area contributed by atoms with Crippen LogP contribution in [0.4, 0.5) is 8.78 Å². The van der Waals surface area contributed by atoms with Gasteiger partial charge in [0.2, 0.25) is 0 Å². The van der Waals surface area contributed by atoms with Gasteiger partial charge in [-0.25, -0.2) is 8.78 Å². The van der Waals surface area contributed by atoms with Gasteiger partial charge in [0.1, 0.15) is 0 Å². The van der Waals surface area contributed by atoms with Crippen LogP contribution in [0.15, 0.2) is 24.5 Å². The van der Waals surface area contributed by atoms with Crippen LogP contribution in [0.2, 0.25) is 0 Å². The van der Waals surface area contributed by atoms with E-state index in [-0.39, 0.29) is 11.1 Å². The Labute approximate surface area is 72.8 Å². The molecule has 0 saturated heterocycles. The molecule has 3 nitrogen and oxygen atoms in total. The quantitative estimate of drug-likeness (QED) is 0.668. The summed E-state index contributed by atoms with van der Waals surface area (Å²) in [5.74, 6) is 7.32. The highest BCUT2D eigenvalue weighted by molar-refractivity contribution is 5.80. The van der Waals surface area contributed by atoms with E-state index >= 15 is 0 Å². The van der Waals surface area contributed by atoms with E-state index in [1.165, 1.54) is 6.20 Å². The summed E-state index contributed by atoms with van der Waals surface area (Å²) in [6.45, 7) is 0. The van der Waals surface area contributed by atoms with Gasteiger partial charge in [-0.05, 0) is 12.1 Å². The molecule has 1 N–H and O–H groups in total. The average molecular weight is 182 g/mol. The van der Waals surface area contributed by atoms with Crippen LogP contribution in [0.1, 0.15) is 12.0 Å². The topological polar surface area (TPSA) is 41.6 Å². The lowest BCUT2D eigenvalue weighted by molar-refractivity contribution is 0.153. The number of rotatable bonds is 1. The number of pyridine rings is 1. The van der Waals surface area contributed by atoms with Gasteiger partial charge in [-0.3, -0.25) is 4.98 Å². The summed E-state index contributed by atoms with van der Waals surface area (Å²) in [6, 6.07) is 3.20. The first-order valence-corrected chi connectivity index (χ1v) is 3.66. The Morgan fingerprint density at radius 3 is 2.92 bits per heavy atom. The second kappa shape index (κ2) is 2.69. The van der Waals surface area contributed by atoms with Crippen molar-refractivity contribution < 1.29 is 8.78 Å². The Morgan fingerprint density at radius 2 is 2.23 bits per heavy atom. The van der Waals surface area contributed by atoms with Crippen molar-refractivity contribution >= 4 is 11.0 Å². The van der Waals surface area contributed by atoms with Gasteiger partial charge in [0, 0.05) is 12.4 Å². The zero-order chi connectivity index (χ0) is 9.42. The molecule has 2 heterocycles. The first kappa shape index (κ1) is 7.97. The molecule has 0 aliphatic carbocycles. The van der Waals surface area contributed by atoms with Gasteiger partial charge in [0.15, 0.2) is 0 Å². The number of halogens is 2. The maximum absolute atomic E-state index is 12.4. The highest BCUT2D eigenvalue weighted by Crippen LogP contribution is 2.27. The minimum Gasteiger partial charge on any atom is -0.631 e. The molecule has 2 aromatic rings. The molecule has 0 radical (unpaired) electrons. The molecular weight excluding hydrogens is 176 g/mol. The molecule has 0 fully saturated rings. The fraction of sp³-hybridized carbons (Fsp3) is 0.125. The molecule has 2 aromatic heterocycles. The van der Waals surface area contributed by atoms with E-state index in [0.717, 1.165) is 10.9 Å². The molecular formula is C8H6F2N3-. The summed E-state index contributed by atoms with van der Waals surface area (Å²) in [7, 11) is 0. The second-order valence-electron chi connectivity index (χ2n) is 2.63. The Morgan fingerprint density at radius 1 is 1.46 bits per heavy atom. The van der Waals surface area contributed by atoms with Crippen molar-refractivity contribution in [2.75, 3.05) is 0 Å². The van der Waals surface area contributed by atoms with Gasteiger partial charge < -0.3 is 10.5 Å². The first-order chi connectivity index (χ1) is 6.20. The molecule has 68 valence electrons. The Hall–Kier alpha value is -1.65. The number of alkyl halides is 2. The number of hydrogen-bond acceptors (Lipinski definition) is 1. The lowest BCUT2D eigenvalue weighted by Gasteiger charge is -2.03. The van der Waals surface area contributed by atoms with Crippen LogP contribution in [0.3, 0.4) is 0 Å². The number of hydrogen-bond donors (Lipinski definition) is 0. The molecule has 0 bridgehead atoms. The van der Waals surface area contributed by atoms with E-state index in [4.69, 9.17) is 5.84 Å². The third kappa shape index (κ3) is 1.12. The van der Waals surface area contributed by atoms with E-state index in [9.17, 15) is 8.78 Å². The minimum absolute atomic E-state index is 0.189. The van der Waals surface area contributed by atoms with Gasteiger partial charge >= 0.3 is 0 Å². The lowest BCUT2D eigenvalue weighted by Crippen LogP contribution is -1.81. The largest absolute Gasteiger partial charge is 0.631 e. The summed E-state index contributed by atoms with van der Waals surface area (Å²) >= 11 is 0. The molecule has 0 saturated carbocycles. The summed E-state index contributed by atoms with van der Waals surface area (Å²) in [5.41, 5.74) is 0.413. The molecule has 0 amide bonds. The van der Waals surface area contributed by atoms with Crippen LogP contribution in [0, 0.1) is 0 Å². The van der Waals surface area contributed by atoms with Crippen LogP contribution in [0.5, 0.6) is 0 Å². The van der Waals surface area contributed by atoms with E-state index in [0.29, 0.717) is 5.52 Å². The molecule has 13 heavy (non-hydrogen) atoms. The molecule has 0 aliphatic heterocycles.